The molecule has 0 saturated carbocycles. The van der Waals surface area contributed by atoms with Crippen LogP contribution in [0.25, 0.3) is 20.8 Å². The number of ether oxygens (including phenoxy) is 1. The second-order valence-corrected chi connectivity index (χ2v) is 7.66. The Morgan fingerprint density at radius 2 is 1.86 bits per heavy atom. The van der Waals surface area contributed by atoms with E-state index in [9.17, 15) is 14.7 Å². The fourth-order valence-corrected chi connectivity index (χ4v) is 4.87. The van der Waals surface area contributed by atoms with E-state index in [1.165, 1.54) is 12.4 Å². The molecule has 0 bridgehead atoms. The van der Waals surface area contributed by atoms with Crippen molar-refractivity contribution in [2.75, 3.05) is 10.6 Å². The first-order valence-electron chi connectivity index (χ1n) is 8.32. The lowest BCUT2D eigenvalue weighted by Crippen LogP contribution is -2.23. The summed E-state index contributed by atoms with van der Waals surface area (Å²) in [4.78, 5) is 41.5. The summed E-state index contributed by atoms with van der Waals surface area (Å²) in [7, 11) is -1.40. The number of amides is 2. The first-order valence-corrected chi connectivity index (χ1v) is 9.54. The van der Waals surface area contributed by atoms with E-state index in [2.05, 4.69) is 30.6 Å². The normalized spacial score (nSPS) is 13.0. The number of hydrogen-bond donors (Lipinski definition) is 3. The van der Waals surface area contributed by atoms with Gasteiger partial charge < -0.3 is 20.5 Å². The summed E-state index contributed by atoms with van der Waals surface area (Å²) >= 11 is 0. The van der Waals surface area contributed by atoms with Crippen molar-refractivity contribution in [1.82, 2.24) is 19.9 Å². The smallest absolute Gasteiger partial charge is 0.437 e. The SMILES string of the molecule is O=C1Nc2ccnc3c2c(c(-c2ccc(Oc4ncccn4)cn2)[s+]3C(=O)O)N1. The predicted octanol–water partition coefficient (Wildman–Crippen LogP) is 4.11. The van der Waals surface area contributed by atoms with Crippen LogP contribution in [0.5, 0.6) is 11.8 Å². The predicted molar refractivity (Wildman–Crippen MR) is 106 cm³/mol. The van der Waals surface area contributed by atoms with E-state index >= 15 is 0 Å². The van der Waals surface area contributed by atoms with Crippen LogP contribution in [0, 0.1) is 0 Å². The molecule has 0 saturated heterocycles. The molecule has 1 aliphatic rings. The van der Waals surface area contributed by atoms with Crippen LogP contribution in [0.2, 0.25) is 0 Å². The summed E-state index contributed by atoms with van der Waals surface area (Å²) in [5.74, 6) is 0.393. The highest BCUT2D eigenvalue weighted by molar-refractivity contribution is 7.57. The van der Waals surface area contributed by atoms with Crippen LogP contribution in [-0.2, 0) is 0 Å². The van der Waals surface area contributed by atoms with Gasteiger partial charge in [0.1, 0.15) is 33.0 Å². The molecule has 0 spiro atoms. The molecule has 29 heavy (non-hydrogen) atoms. The van der Waals surface area contributed by atoms with Crippen LogP contribution in [0.15, 0.2) is 49.1 Å². The van der Waals surface area contributed by atoms with Gasteiger partial charge in [-0.1, -0.05) is 0 Å². The number of nitrogens with zero attached hydrogens (tertiary/aromatic N) is 4. The lowest BCUT2D eigenvalue weighted by atomic mass is 10.1. The molecule has 2 amide bonds. The molecule has 4 aromatic rings. The molecule has 5 rings (SSSR count). The molecule has 1 atom stereocenters. The first kappa shape index (κ1) is 17.0. The fourth-order valence-electron chi connectivity index (χ4n) is 3.06. The van der Waals surface area contributed by atoms with E-state index in [-0.39, 0.29) is 6.01 Å². The number of hydrogen-bond acceptors (Lipinski definition) is 7. The Labute approximate surface area is 165 Å². The maximum atomic E-state index is 12.1. The van der Waals surface area contributed by atoms with E-state index in [1.807, 2.05) is 0 Å². The van der Waals surface area contributed by atoms with Crippen LogP contribution in [-0.4, -0.2) is 36.4 Å². The number of thiophene rings is 1. The van der Waals surface area contributed by atoms with Gasteiger partial charge in [0.15, 0.2) is 0 Å². The lowest BCUT2D eigenvalue weighted by molar-refractivity contribution is 0.221. The van der Waals surface area contributed by atoms with Crippen molar-refractivity contribution in [1.29, 1.82) is 0 Å². The van der Waals surface area contributed by atoms with Gasteiger partial charge in [-0.2, -0.15) is 4.79 Å². The fraction of sp³-hybridized carbons (Fsp3) is 0. The van der Waals surface area contributed by atoms with Crippen LogP contribution < -0.4 is 15.4 Å². The summed E-state index contributed by atoms with van der Waals surface area (Å²) in [6.07, 6.45) is 6.03. The van der Waals surface area contributed by atoms with Crippen LogP contribution in [0.3, 0.4) is 0 Å². The summed E-state index contributed by atoms with van der Waals surface area (Å²) in [6.45, 7) is 0. The molecule has 0 aliphatic carbocycles. The topological polar surface area (TPSA) is 139 Å². The summed E-state index contributed by atoms with van der Waals surface area (Å²) in [5, 5.41) is 14.8. The van der Waals surface area contributed by atoms with Gasteiger partial charge in [-0.15, -0.1) is 0 Å². The standard InChI is InChI=1S/C18H10N6O4S/c25-16-23-10-4-7-19-15-12(10)13(24-16)14(29(15)18(26)27)11-3-2-9(8-22-11)28-17-20-5-1-6-21-17/h1-8H,(H2-,19,22,23,24,25,26,27)/p+1. The highest BCUT2D eigenvalue weighted by Gasteiger charge is 2.40. The second kappa shape index (κ2) is 6.49. The molecule has 142 valence electrons. The van der Waals surface area contributed by atoms with Gasteiger partial charge in [-0.3, -0.25) is 0 Å². The van der Waals surface area contributed by atoms with Gasteiger partial charge in [0, 0.05) is 18.6 Å². The van der Waals surface area contributed by atoms with Crippen LogP contribution >= 0.6 is 10.5 Å². The Kier molecular flexibility index (Phi) is 3.81. The van der Waals surface area contributed by atoms with Crippen molar-refractivity contribution < 1.29 is 19.4 Å². The molecule has 11 heteroatoms. The highest BCUT2D eigenvalue weighted by atomic mass is 32.2. The Hall–Kier alpha value is -4.12. The monoisotopic (exact) mass is 407 g/mol. The van der Waals surface area contributed by atoms with Crippen molar-refractivity contribution in [3.63, 3.8) is 0 Å². The summed E-state index contributed by atoms with van der Waals surface area (Å²) in [5.41, 5.74) is 1.33. The number of nitrogens with one attached hydrogen (secondary N) is 2. The zero-order valence-electron chi connectivity index (χ0n) is 14.5. The summed E-state index contributed by atoms with van der Waals surface area (Å²) < 4.78 is 5.53. The Bertz CT molecular complexity index is 1270. The maximum Gasteiger partial charge on any atom is 0.554 e. The van der Waals surface area contributed by atoms with Crippen molar-refractivity contribution in [2.24, 2.45) is 0 Å². The molecular formula is C18H11N6O4S+. The van der Waals surface area contributed by atoms with Crippen LogP contribution in [0.4, 0.5) is 21.0 Å². The Morgan fingerprint density at radius 3 is 2.59 bits per heavy atom. The van der Waals surface area contributed by atoms with E-state index < -0.39 is 21.8 Å². The molecule has 3 N–H and O–H groups in total. The highest BCUT2D eigenvalue weighted by Crippen LogP contribution is 2.52. The lowest BCUT2D eigenvalue weighted by Gasteiger charge is -2.13. The first-order chi connectivity index (χ1) is 14.1. The average molecular weight is 407 g/mol. The second-order valence-electron chi connectivity index (χ2n) is 5.91. The van der Waals surface area contributed by atoms with Crippen molar-refractivity contribution in [2.45, 2.75) is 0 Å². The van der Waals surface area contributed by atoms with Crippen molar-refractivity contribution in [3.8, 4) is 22.3 Å². The Morgan fingerprint density at radius 1 is 1.03 bits per heavy atom. The molecule has 4 aromatic heterocycles. The number of rotatable bonds is 4. The maximum absolute atomic E-state index is 12.1. The number of pyridine rings is 2. The molecule has 1 unspecified atom stereocenters. The zero-order chi connectivity index (χ0) is 20.0. The number of urea groups is 1. The van der Waals surface area contributed by atoms with Gasteiger partial charge in [0.05, 0.1) is 11.9 Å². The Balaban J connectivity index is 1.64. The molecule has 0 radical (unpaired) electrons. The largest absolute Gasteiger partial charge is 0.554 e. The van der Waals surface area contributed by atoms with E-state index in [0.29, 0.717) is 37.9 Å². The van der Waals surface area contributed by atoms with E-state index in [0.717, 1.165) is 0 Å². The van der Waals surface area contributed by atoms with Crippen LogP contribution in [0.1, 0.15) is 0 Å². The van der Waals surface area contributed by atoms with Gasteiger partial charge in [-0.25, -0.2) is 24.7 Å². The molecule has 0 aromatic carbocycles. The molecule has 10 nitrogen and oxygen atoms in total. The third-order valence-corrected chi connectivity index (χ3v) is 6.04. The minimum atomic E-state index is -1.40. The number of carbonyl (C=O) groups is 2. The van der Waals surface area contributed by atoms with Gasteiger partial charge in [-0.05, 0) is 24.3 Å². The summed E-state index contributed by atoms with van der Waals surface area (Å²) in [6, 6.07) is 6.29. The van der Waals surface area contributed by atoms with E-state index in [4.69, 9.17) is 4.74 Å². The molecule has 1 aliphatic heterocycles. The van der Waals surface area contributed by atoms with Gasteiger partial charge in [0.2, 0.25) is 4.88 Å². The number of carboxylic acid groups (broad SMARTS) is 1. The average Bonchev–Trinajstić information content (AvgIpc) is 3.05. The molecule has 5 heterocycles. The minimum absolute atomic E-state index is 0.169. The van der Waals surface area contributed by atoms with Crippen molar-refractivity contribution in [3.05, 3.63) is 49.1 Å². The van der Waals surface area contributed by atoms with E-state index in [1.54, 1.807) is 36.7 Å². The number of aromatic nitrogens is 4. The zero-order valence-corrected chi connectivity index (χ0v) is 15.3. The third-order valence-electron chi connectivity index (χ3n) is 4.17. The number of carbonyl (C=O) groups excluding carboxylic acids is 1. The van der Waals surface area contributed by atoms with Gasteiger partial charge >= 0.3 is 17.3 Å². The third kappa shape index (κ3) is 2.80. The number of anilines is 2. The van der Waals surface area contributed by atoms with Crippen molar-refractivity contribution >= 4 is 43.4 Å². The molecule has 0 fully saturated rings. The quantitative estimate of drug-likeness (QED) is 0.429. The minimum Gasteiger partial charge on any atom is -0.437 e. The van der Waals surface area contributed by atoms with Gasteiger partial charge in [0.25, 0.3) is 4.83 Å². The molecular weight excluding hydrogens is 396 g/mol.